The maximum absolute atomic E-state index is 4.83. The molecule has 1 aliphatic heterocycles. The molecule has 6 heteroatoms. The minimum absolute atomic E-state index is 0.285. The number of fused-ring (bicyclic) bond motifs is 1. The van der Waals surface area contributed by atoms with Gasteiger partial charge in [-0.15, -0.1) is 0 Å². The molecule has 4 heterocycles. The maximum Gasteiger partial charge on any atom is 0.0996 e. The van der Waals surface area contributed by atoms with E-state index < -0.39 is 0 Å². The van der Waals surface area contributed by atoms with E-state index in [1.165, 1.54) is 22.2 Å². The molecule has 1 fully saturated rings. The molecule has 0 saturated carbocycles. The Morgan fingerprint density at radius 2 is 1.83 bits per heavy atom. The lowest BCUT2D eigenvalue weighted by Gasteiger charge is -2.38. The predicted octanol–water partition coefficient (Wildman–Crippen LogP) is 3.22. The van der Waals surface area contributed by atoms with E-state index in [2.05, 4.69) is 75.1 Å². The summed E-state index contributed by atoms with van der Waals surface area (Å²) in [6.07, 6.45) is 8.19. The monoisotopic (exact) mass is 386 g/mol. The summed E-state index contributed by atoms with van der Waals surface area (Å²) < 4.78 is 4.03. The molecule has 5 rings (SSSR count). The van der Waals surface area contributed by atoms with Crippen molar-refractivity contribution in [3.05, 3.63) is 78.6 Å². The second-order valence-electron chi connectivity index (χ2n) is 7.96. The molecular weight excluding hydrogens is 360 g/mol. The average Bonchev–Trinajstić information content (AvgIpc) is 3.35. The number of pyridine rings is 1. The van der Waals surface area contributed by atoms with E-state index in [1.807, 2.05) is 30.3 Å². The molecule has 0 radical (unpaired) electrons. The number of benzene rings is 1. The van der Waals surface area contributed by atoms with Crippen molar-refractivity contribution in [2.24, 2.45) is 7.05 Å². The number of aryl methyl sites for hydroxylation is 1. The molecule has 6 nitrogen and oxygen atoms in total. The quantitative estimate of drug-likeness (QED) is 0.540. The van der Waals surface area contributed by atoms with Gasteiger partial charge in [-0.1, -0.05) is 36.4 Å². The highest BCUT2D eigenvalue weighted by Gasteiger charge is 2.28. The van der Waals surface area contributed by atoms with Gasteiger partial charge in [-0.3, -0.25) is 14.5 Å². The van der Waals surface area contributed by atoms with Gasteiger partial charge in [-0.05, 0) is 24.2 Å². The van der Waals surface area contributed by atoms with E-state index >= 15 is 0 Å². The van der Waals surface area contributed by atoms with Crippen molar-refractivity contribution in [1.29, 1.82) is 0 Å². The molecule has 1 unspecified atom stereocenters. The van der Waals surface area contributed by atoms with Crippen molar-refractivity contribution in [2.45, 2.75) is 12.6 Å². The third kappa shape index (κ3) is 3.57. The summed E-state index contributed by atoms with van der Waals surface area (Å²) in [6.45, 7) is 4.00. The summed E-state index contributed by atoms with van der Waals surface area (Å²) in [5, 5.41) is 4.30. The first kappa shape index (κ1) is 18.1. The van der Waals surface area contributed by atoms with E-state index in [1.54, 1.807) is 0 Å². The van der Waals surface area contributed by atoms with Gasteiger partial charge in [0.1, 0.15) is 0 Å². The summed E-state index contributed by atoms with van der Waals surface area (Å²) in [5.41, 5.74) is 6.03. The van der Waals surface area contributed by atoms with E-state index in [-0.39, 0.29) is 6.04 Å². The van der Waals surface area contributed by atoms with Gasteiger partial charge in [0.25, 0.3) is 0 Å². The zero-order valence-electron chi connectivity index (χ0n) is 16.9. The maximum atomic E-state index is 4.83. The Hall–Kier alpha value is -2.96. The molecule has 0 bridgehead atoms. The Balaban J connectivity index is 1.41. The number of rotatable bonds is 4. The topological polar surface area (TPSA) is 41.6 Å². The van der Waals surface area contributed by atoms with Crippen molar-refractivity contribution < 1.29 is 0 Å². The highest BCUT2D eigenvalue weighted by Crippen LogP contribution is 2.29. The van der Waals surface area contributed by atoms with E-state index in [9.17, 15) is 0 Å². The fourth-order valence-corrected chi connectivity index (χ4v) is 4.26. The second kappa shape index (κ2) is 7.46. The first-order valence-electron chi connectivity index (χ1n) is 10.1. The molecule has 1 aromatic carbocycles. The summed E-state index contributed by atoms with van der Waals surface area (Å²) in [6, 6.07) is 15.2. The van der Waals surface area contributed by atoms with Gasteiger partial charge in [-0.25, -0.2) is 4.98 Å². The van der Waals surface area contributed by atoms with Crippen molar-refractivity contribution in [2.75, 3.05) is 26.7 Å². The van der Waals surface area contributed by atoms with Gasteiger partial charge in [0.2, 0.25) is 0 Å². The summed E-state index contributed by atoms with van der Waals surface area (Å²) >= 11 is 0. The number of aromatic nitrogens is 4. The Morgan fingerprint density at radius 3 is 2.62 bits per heavy atom. The predicted molar refractivity (Wildman–Crippen MR) is 114 cm³/mol. The van der Waals surface area contributed by atoms with Crippen molar-refractivity contribution in [3.63, 3.8) is 0 Å². The molecule has 148 valence electrons. The smallest absolute Gasteiger partial charge is 0.0996 e. The minimum atomic E-state index is 0.285. The van der Waals surface area contributed by atoms with Gasteiger partial charge < -0.3 is 4.40 Å². The molecule has 0 N–H and O–H groups in total. The minimum Gasteiger partial charge on any atom is -0.305 e. The van der Waals surface area contributed by atoms with E-state index in [0.29, 0.717) is 0 Å². The molecule has 0 spiro atoms. The van der Waals surface area contributed by atoms with Crippen LogP contribution in [-0.2, 0) is 13.6 Å². The van der Waals surface area contributed by atoms with Gasteiger partial charge in [0, 0.05) is 51.2 Å². The van der Waals surface area contributed by atoms with Crippen LogP contribution >= 0.6 is 0 Å². The summed E-state index contributed by atoms with van der Waals surface area (Å²) in [4.78, 5) is 9.76. The standard InChI is InChI=1S/C23H26N6/c1-26-10-11-28(14-18-12-25-27(2)13-18)16-22(26)23-21-9-8-20(15-29(21)17-24-23)19-6-4-3-5-7-19/h3-9,12-13,15,17,22H,10-11,14,16H2,1-2H3. The van der Waals surface area contributed by atoms with Crippen molar-refractivity contribution in [3.8, 4) is 11.1 Å². The molecule has 1 atom stereocenters. The number of nitrogens with zero attached hydrogens (tertiary/aromatic N) is 6. The van der Waals surface area contributed by atoms with Crippen LogP contribution in [0.5, 0.6) is 0 Å². The van der Waals surface area contributed by atoms with Crippen LogP contribution in [0.3, 0.4) is 0 Å². The summed E-state index contributed by atoms with van der Waals surface area (Å²) in [7, 11) is 4.17. The SMILES string of the molecule is CN1CCN(Cc2cnn(C)c2)CC1c1ncn2cc(-c3ccccc3)ccc12. The molecule has 1 aliphatic rings. The molecular formula is C23H26N6. The van der Waals surface area contributed by atoms with Crippen molar-refractivity contribution in [1.82, 2.24) is 29.0 Å². The molecule has 0 amide bonds. The molecule has 4 aromatic rings. The molecule has 0 aliphatic carbocycles. The molecule has 1 saturated heterocycles. The zero-order valence-corrected chi connectivity index (χ0v) is 16.9. The van der Waals surface area contributed by atoms with Crippen LogP contribution in [0.2, 0.25) is 0 Å². The van der Waals surface area contributed by atoms with Crippen LogP contribution in [0.25, 0.3) is 16.6 Å². The van der Waals surface area contributed by atoms with Gasteiger partial charge >= 0.3 is 0 Å². The van der Waals surface area contributed by atoms with Gasteiger partial charge in [-0.2, -0.15) is 5.10 Å². The van der Waals surface area contributed by atoms with Gasteiger partial charge in [0.15, 0.2) is 0 Å². The van der Waals surface area contributed by atoms with Crippen LogP contribution in [0.4, 0.5) is 0 Å². The fraction of sp³-hybridized carbons (Fsp3) is 0.304. The Bertz CT molecular complexity index is 1110. The summed E-state index contributed by atoms with van der Waals surface area (Å²) in [5.74, 6) is 0. The Labute approximate surface area is 171 Å². The van der Waals surface area contributed by atoms with Crippen molar-refractivity contribution >= 4 is 5.52 Å². The average molecular weight is 387 g/mol. The third-order valence-corrected chi connectivity index (χ3v) is 5.88. The first-order valence-corrected chi connectivity index (χ1v) is 10.1. The number of imidazole rings is 1. The Morgan fingerprint density at radius 1 is 0.966 bits per heavy atom. The highest BCUT2D eigenvalue weighted by molar-refractivity contribution is 5.66. The number of hydrogen-bond donors (Lipinski definition) is 0. The van der Waals surface area contributed by atoms with Crippen LogP contribution in [0.15, 0.2) is 67.4 Å². The number of hydrogen-bond acceptors (Lipinski definition) is 4. The molecule has 29 heavy (non-hydrogen) atoms. The van der Waals surface area contributed by atoms with Crippen LogP contribution in [-0.4, -0.2) is 55.6 Å². The lowest BCUT2D eigenvalue weighted by atomic mass is 10.1. The number of piperazine rings is 1. The highest BCUT2D eigenvalue weighted by atomic mass is 15.3. The number of likely N-dealkylation sites (N-methyl/N-ethyl adjacent to an activating group) is 1. The lowest BCUT2D eigenvalue weighted by Crippen LogP contribution is -2.46. The second-order valence-corrected chi connectivity index (χ2v) is 7.96. The van der Waals surface area contributed by atoms with Crippen LogP contribution in [0.1, 0.15) is 17.3 Å². The fourth-order valence-electron chi connectivity index (χ4n) is 4.26. The van der Waals surface area contributed by atoms with Gasteiger partial charge in [0.05, 0.1) is 29.8 Å². The molecule has 3 aromatic heterocycles. The lowest BCUT2D eigenvalue weighted by molar-refractivity contribution is 0.0892. The van der Waals surface area contributed by atoms with E-state index in [4.69, 9.17) is 4.98 Å². The van der Waals surface area contributed by atoms with Crippen LogP contribution < -0.4 is 0 Å². The van der Waals surface area contributed by atoms with Crippen LogP contribution in [0, 0.1) is 0 Å². The third-order valence-electron chi connectivity index (χ3n) is 5.88. The zero-order chi connectivity index (χ0) is 19.8. The van der Waals surface area contributed by atoms with E-state index in [0.717, 1.165) is 31.9 Å². The largest absolute Gasteiger partial charge is 0.305 e. The first-order chi connectivity index (χ1) is 14.2. The Kier molecular flexibility index (Phi) is 4.66. The normalized spacial score (nSPS) is 18.5.